The Hall–Kier alpha value is -1.54. The Balaban J connectivity index is 2.27. The Morgan fingerprint density at radius 2 is 2.24 bits per heavy atom. The Labute approximate surface area is 100 Å². The molecule has 0 radical (unpaired) electrons. The zero-order valence-electron chi connectivity index (χ0n) is 9.69. The molecule has 0 aromatic rings. The third-order valence-corrected chi connectivity index (χ3v) is 2.73. The molecule has 5 nitrogen and oxygen atoms in total. The molecular formula is C12H17NO4. The first-order valence-corrected chi connectivity index (χ1v) is 5.73. The van der Waals surface area contributed by atoms with E-state index in [1.165, 1.54) is 0 Å². The van der Waals surface area contributed by atoms with Crippen molar-refractivity contribution in [1.29, 1.82) is 0 Å². The van der Waals surface area contributed by atoms with Crippen molar-refractivity contribution in [2.24, 2.45) is 0 Å². The van der Waals surface area contributed by atoms with E-state index in [0.29, 0.717) is 32.2 Å². The number of aliphatic hydroxyl groups is 1. The molecule has 0 saturated carbocycles. The Bertz CT molecular complexity index is 342. The second-order valence-electron chi connectivity index (χ2n) is 4.00. The van der Waals surface area contributed by atoms with Crippen LogP contribution < -0.4 is 0 Å². The number of amides is 1. The van der Waals surface area contributed by atoms with Gasteiger partial charge in [-0.25, -0.2) is 0 Å². The number of carbonyl (C=O) groups excluding carboxylic acids is 1. The molecule has 1 unspecified atom stereocenters. The number of aliphatic carboxylic acids is 1. The lowest BCUT2D eigenvalue weighted by Gasteiger charge is -2.20. The van der Waals surface area contributed by atoms with Gasteiger partial charge in [-0.3, -0.25) is 9.59 Å². The van der Waals surface area contributed by atoms with Gasteiger partial charge in [-0.05, 0) is 12.8 Å². The zero-order valence-corrected chi connectivity index (χ0v) is 9.69. The van der Waals surface area contributed by atoms with Gasteiger partial charge in [0.05, 0.1) is 19.2 Å². The number of hydrogen-bond acceptors (Lipinski definition) is 3. The van der Waals surface area contributed by atoms with E-state index in [1.54, 1.807) is 4.90 Å². The molecule has 0 aliphatic carbocycles. The van der Waals surface area contributed by atoms with Crippen molar-refractivity contribution in [3.05, 3.63) is 0 Å². The molecule has 0 bridgehead atoms. The van der Waals surface area contributed by atoms with E-state index < -0.39 is 5.97 Å². The van der Waals surface area contributed by atoms with Gasteiger partial charge in [-0.15, -0.1) is 5.92 Å². The molecule has 1 amide bonds. The maximum Gasteiger partial charge on any atom is 0.303 e. The molecule has 1 aliphatic heterocycles. The van der Waals surface area contributed by atoms with E-state index in [-0.39, 0.29) is 25.0 Å². The van der Waals surface area contributed by atoms with E-state index in [1.807, 2.05) is 0 Å². The normalized spacial score (nSPS) is 19.0. The molecule has 1 rings (SSSR count). The Morgan fingerprint density at radius 3 is 2.88 bits per heavy atom. The monoisotopic (exact) mass is 239 g/mol. The van der Waals surface area contributed by atoms with Crippen LogP contribution in [0.4, 0.5) is 0 Å². The SMILES string of the molecule is O=C(O)CCCC#CCN1C(=O)CCC1CO. The fourth-order valence-corrected chi connectivity index (χ4v) is 1.76. The summed E-state index contributed by atoms with van der Waals surface area (Å²) in [4.78, 5) is 23.2. The van der Waals surface area contributed by atoms with Crippen LogP contribution >= 0.6 is 0 Å². The van der Waals surface area contributed by atoms with Crippen molar-refractivity contribution in [2.75, 3.05) is 13.2 Å². The van der Waals surface area contributed by atoms with Crippen LogP contribution in [0.15, 0.2) is 0 Å². The molecule has 0 aromatic carbocycles. The maximum atomic E-state index is 11.4. The Morgan fingerprint density at radius 1 is 1.47 bits per heavy atom. The molecule has 2 N–H and O–H groups in total. The highest BCUT2D eigenvalue weighted by atomic mass is 16.4. The van der Waals surface area contributed by atoms with Gasteiger partial charge < -0.3 is 15.1 Å². The predicted molar refractivity (Wildman–Crippen MR) is 61.1 cm³/mol. The van der Waals surface area contributed by atoms with E-state index in [0.717, 1.165) is 0 Å². The second-order valence-corrected chi connectivity index (χ2v) is 4.00. The summed E-state index contributed by atoms with van der Waals surface area (Å²) in [7, 11) is 0. The van der Waals surface area contributed by atoms with Crippen LogP contribution in [0.1, 0.15) is 32.1 Å². The van der Waals surface area contributed by atoms with E-state index >= 15 is 0 Å². The van der Waals surface area contributed by atoms with Crippen LogP contribution in [-0.2, 0) is 9.59 Å². The minimum atomic E-state index is -0.818. The maximum absolute atomic E-state index is 11.4. The lowest BCUT2D eigenvalue weighted by atomic mass is 10.2. The topological polar surface area (TPSA) is 77.8 Å². The van der Waals surface area contributed by atoms with Crippen LogP contribution in [0.3, 0.4) is 0 Å². The van der Waals surface area contributed by atoms with Gasteiger partial charge in [0.25, 0.3) is 0 Å². The van der Waals surface area contributed by atoms with Crippen LogP contribution in [0, 0.1) is 11.8 Å². The number of likely N-dealkylation sites (tertiary alicyclic amines) is 1. The molecule has 1 atom stereocenters. The molecule has 1 saturated heterocycles. The summed E-state index contributed by atoms with van der Waals surface area (Å²) in [6, 6.07) is -0.101. The van der Waals surface area contributed by atoms with Gasteiger partial charge in [-0.1, -0.05) is 5.92 Å². The summed E-state index contributed by atoms with van der Waals surface area (Å²) in [6.45, 7) is 0.309. The third kappa shape index (κ3) is 4.45. The van der Waals surface area contributed by atoms with Crippen LogP contribution in [0.5, 0.6) is 0 Å². The molecule has 17 heavy (non-hydrogen) atoms. The molecule has 94 valence electrons. The lowest BCUT2D eigenvalue weighted by molar-refractivity contribution is -0.137. The highest BCUT2D eigenvalue weighted by Crippen LogP contribution is 2.17. The van der Waals surface area contributed by atoms with E-state index in [9.17, 15) is 9.59 Å². The number of carboxylic acids is 1. The van der Waals surface area contributed by atoms with Gasteiger partial charge in [-0.2, -0.15) is 0 Å². The Kier molecular flexibility index (Phi) is 5.50. The molecule has 1 aliphatic rings. The van der Waals surface area contributed by atoms with Gasteiger partial charge >= 0.3 is 5.97 Å². The quantitative estimate of drug-likeness (QED) is 0.531. The number of rotatable bonds is 5. The predicted octanol–water partition coefficient (Wildman–Crippen LogP) is 0.228. The molecule has 0 spiro atoms. The van der Waals surface area contributed by atoms with E-state index in [2.05, 4.69) is 11.8 Å². The van der Waals surface area contributed by atoms with Gasteiger partial charge in [0.15, 0.2) is 0 Å². The van der Waals surface area contributed by atoms with Crippen LogP contribution in [-0.4, -0.2) is 46.2 Å². The summed E-state index contributed by atoms with van der Waals surface area (Å²) < 4.78 is 0. The molecule has 1 heterocycles. The largest absolute Gasteiger partial charge is 0.481 e. The number of carbonyl (C=O) groups is 2. The van der Waals surface area contributed by atoms with Crippen molar-refractivity contribution < 1.29 is 19.8 Å². The van der Waals surface area contributed by atoms with Crippen molar-refractivity contribution in [3.63, 3.8) is 0 Å². The number of nitrogens with zero attached hydrogens (tertiary/aromatic N) is 1. The summed E-state index contributed by atoms with van der Waals surface area (Å²) in [6.07, 6.45) is 2.34. The average molecular weight is 239 g/mol. The number of unbranched alkanes of at least 4 members (excludes halogenated alkanes) is 1. The molecular weight excluding hydrogens is 222 g/mol. The molecule has 1 fully saturated rings. The average Bonchev–Trinajstić information content (AvgIpc) is 2.64. The zero-order chi connectivity index (χ0) is 12.7. The first-order valence-electron chi connectivity index (χ1n) is 5.73. The highest BCUT2D eigenvalue weighted by Gasteiger charge is 2.29. The fraction of sp³-hybridized carbons (Fsp3) is 0.667. The first kappa shape index (κ1) is 13.5. The number of carboxylic acid groups (broad SMARTS) is 1. The van der Waals surface area contributed by atoms with Crippen molar-refractivity contribution in [2.45, 2.75) is 38.1 Å². The molecule has 0 aromatic heterocycles. The first-order chi connectivity index (χ1) is 8.15. The standard InChI is InChI=1S/C12H17NO4/c14-9-10-6-7-11(15)13(10)8-4-2-1-3-5-12(16)17/h10,14H,1,3,5-9H2,(H,16,17). The van der Waals surface area contributed by atoms with Gasteiger partial charge in [0.2, 0.25) is 5.91 Å². The fourth-order valence-electron chi connectivity index (χ4n) is 1.76. The minimum Gasteiger partial charge on any atom is -0.481 e. The van der Waals surface area contributed by atoms with Crippen molar-refractivity contribution in [1.82, 2.24) is 4.90 Å². The summed E-state index contributed by atoms with van der Waals surface area (Å²) in [5, 5.41) is 17.5. The smallest absolute Gasteiger partial charge is 0.303 e. The summed E-state index contributed by atoms with van der Waals surface area (Å²) >= 11 is 0. The second kappa shape index (κ2) is 6.92. The summed E-state index contributed by atoms with van der Waals surface area (Å²) in [5.41, 5.74) is 0. The lowest BCUT2D eigenvalue weighted by Crippen LogP contribution is -2.35. The third-order valence-electron chi connectivity index (χ3n) is 2.73. The van der Waals surface area contributed by atoms with E-state index in [4.69, 9.17) is 10.2 Å². The van der Waals surface area contributed by atoms with Crippen LogP contribution in [0.25, 0.3) is 0 Å². The number of hydrogen-bond donors (Lipinski definition) is 2. The minimum absolute atomic E-state index is 0.0214. The van der Waals surface area contributed by atoms with Gasteiger partial charge in [0.1, 0.15) is 0 Å². The van der Waals surface area contributed by atoms with Crippen molar-refractivity contribution >= 4 is 11.9 Å². The molecule has 5 heteroatoms. The number of aliphatic hydroxyl groups excluding tert-OH is 1. The summed E-state index contributed by atoms with van der Waals surface area (Å²) in [5.74, 6) is 4.90. The van der Waals surface area contributed by atoms with Gasteiger partial charge in [0, 0.05) is 19.3 Å². The van der Waals surface area contributed by atoms with Crippen molar-refractivity contribution in [3.8, 4) is 11.8 Å². The highest BCUT2D eigenvalue weighted by molar-refractivity contribution is 5.79. The van der Waals surface area contributed by atoms with Crippen LogP contribution in [0.2, 0.25) is 0 Å².